The van der Waals surface area contributed by atoms with Crippen molar-refractivity contribution >= 4 is 15.7 Å². The molecule has 6 heteroatoms. The summed E-state index contributed by atoms with van der Waals surface area (Å²) >= 11 is 0. The maximum Gasteiger partial charge on any atom is 0.243 e. The third-order valence-electron chi connectivity index (χ3n) is 2.78. The molecule has 0 aromatic heterocycles. The first-order chi connectivity index (χ1) is 7.04. The zero-order valence-corrected chi connectivity index (χ0v) is 11.5. The highest BCUT2D eigenvalue weighted by Gasteiger charge is 2.40. The van der Waals surface area contributed by atoms with Crippen LogP contribution >= 0.6 is 0 Å². The average molecular weight is 250 g/mol. The fraction of sp³-hybridized carbons (Fsp3) is 0.900. The molecule has 0 saturated heterocycles. The average Bonchev–Trinajstić information content (AvgIpc) is 2.14. The zero-order valence-electron chi connectivity index (χ0n) is 10.6. The van der Waals surface area contributed by atoms with E-state index >= 15 is 0 Å². The van der Waals surface area contributed by atoms with E-state index in [2.05, 4.69) is 0 Å². The molecular formula is C10H22N2O3S. The van der Waals surface area contributed by atoms with Crippen LogP contribution in [-0.2, 0) is 14.6 Å². The quantitative estimate of drug-likeness (QED) is 0.736. The number of rotatable bonds is 5. The van der Waals surface area contributed by atoms with Crippen molar-refractivity contribution in [3.05, 3.63) is 0 Å². The van der Waals surface area contributed by atoms with E-state index in [0.717, 1.165) is 6.26 Å². The van der Waals surface area contributed by atoms with E-state index in [0.29, 0.717) is 13.1 Å². The first-order valence-corrected chi connectivity index (χ1v) is 7.08. The Morgan fingerprint density at radius 1 is 1.44 bits per heavy atom. The van der Waals surface area contributed by atoms with E-state index < -0.39 is 20.5 Å². The van der Waals surface area contributed by atoms with Crippen LogP contribution in [0.4, 0.5) is 0 Å². The summed E-state index contributed by atoms with van der Waals surface area (Å²) in [6, 6.07) is 0. The lowest BCUT2D eigenvalue weighted by molar-refractivity contribution is -0.132. The predicted molar refractivity (Wildman–Crippen MR) is 64.8 cm³/mol. The minimum Gasteiger partial charge on any atom is -0.344 e. The standard InChI is InChI=1S/C10H22N2O3S/c1-8(6-11)7-12(4)9(13)10(2,3)16(5,14)15/h8H,6-7,11H2,1-5H3. The van der Waals surface area contributed by atoms with Crippen LogP contribution in [0.15, 0.2) is 0 Å². The van der Waals surface area contributed by atoms with Gasteiger partial charge >= 0.3 is 0 Å². The minimum absolute atomic E-state index is 0.157. The zero-order chi connectivity index (χ0) is 13.1. The lowest BCUT2D eigenvalue weighted by Crippen LogP contribution is -2.49. The van der Waals surface area contributed by atoms with Gasteiger partial charge in [-0.05, 0) is 26.3 Å². The molecule has 2 N–H and O–H groups in total. The lowest BCUT2D eigenvalue weighted by atomic mass is 10.1. The third-order valence-corrected chi connectivity index (χ3v) is 4.81. The number of nitrogens with zero attached hydrogens (tertiary/aromatic N) is 1. The number of nitrogens with two attached hydrogens (primary N) is 1. The Balaban J connectivity index is 4.81. The van der Waals surface area contributed by atoms with Crippen LogP contribution in [-0.4, -0.2) is 50.4 Å². The third kappa shape index (κ3) is 3.45. The van der Waals surface area contributed by atoms with Crippen molar-refractivity contribution in [1.82, 2.24) is 4.90 Å². The minimum atomic E-state index is -3.41. The Morgan fingerprint density at radius 2 is 1.88 bits per heavy atom. The molecule has 0 bridgehead atoms. The molecule has 1 amide bonds. The van der Waals surface area contributed by atoms with E-state index in [-0.39, 0.29) is 5.92 Å². The second kappa shape index (κ2) is 5.14. The van der Waals surface area contributed by atoms with Crippen molar-refractivity contribution in [2.24, 2.45) is 11.7 Å². The molecule has 1 unspecified atom stereocenters. The van der Waals surface area contributed by atoms with E-state index in [1.54, 1.807) is 7.05 Å². The highest BCUT2D eigenvalue weighted by Crippen LogP contribution is 2.18. The van der Waals surface area contributed by atoms with Crippen LogP contribution in [0.2, 0.25) is 0 Å². The van der Waals surface area contributed by atoms with E-state index in [1.807, 2.05) is 6.92 Å². The molecule has 0 aromatic rings. The van der Waals surface area contributed by atoms with Crippen molar-refractivity contribution in [2.45, 2.75) is 25.5 Å². The van der Waals surface area contributed by atoms with Crippen LogP contribution in [0.25, 0.3) is 0 Å². The number of hydrogen-bond donors (Lipinski definition) is 1. The molecule has 0 radical (unpaired) electrons. The Bertz CT molecular complexity index is 349. The predicted octanol–water partition coefficient (Wildman–Crippen LogP) is -0.137. The van der Waals surface area contributed by atoms with Crippen LogP contribution in [0.1, 0.15) is 20.8 Å². The maximum atomic E-state index is 12.0. The van der Waals surface area contributed by atoms with Gasteiger partial charge in [-0.1, -0.05) is 6.92 Å². The molecule has 0 aliphatic carbocycles. The molecular weight excluding hydrogens is 228 g/mol. The molecule has 1 atom stereocenters. The van der Waals surface area contributed by atoms with Crippen molar-refractivity contribution in [2.75, 3.05) is 26.4 Å². The summed E-state index contributed by atoms with van der Waals surface area (Å²) in [5.41, 5.74) is 5.46. The van der Waals surface area contributed by atoms with Gasteiger partial charge in [0.2, 0.25) is 5.91 Å². The number of carbonyl (C=O) groups is 1. The SMILES string of the molecule is CC(CN)CN(C)C(=O)C(C)(C)S(C)(=O)=O. The van der Waals surface area contributed by atoms with Gasteiger partial charge in [-0.3, -0.25) is 4.79 Å². The van der Waals surface area contributed by atoms with Crippen molar-refractivity contribution in [3.8, 4) is 0 Å². The van der Waals surface area contributed by atoms with Gasteiger partial charge in [0.05, 0.1) is 0 Å². The first kappa shape index (κ1) is 15.4. The van der Waals surface area contributed by atoms with E-state index in [4.69, 9.17) is 5.73 Å². The first-order valence-electron chi connectivity index (χ1n) is 5.19. The number of hydrogen-bond acceptors (Lipinski definition) is 4. The molecule has 0 aliphatic rings. The van der Waals surface area contributed by atoms with E-state index in [1.165, 1.54) is 18.7 Å². The molecule has 0 heterocycles. The molecule has 0 fully saturated rings. The van der Waals surface area contributed by atoms with Crippen LogP contribution in [0.3, 0.4) is 0 Å². The molecule has 0 aliphatic heterocycles. The van der Waals surface area contributed by atoms with Gasteiger partial charge in [-0.15, -0.1) is 0 Å². The molecule has 96 valence electrons. The Kier molecular flexibility index (Phi) is 4.94. The lowest BCUT2D eigenvalue weighted by Gasteiger charge is -2.29. The topological polar surface area (TPSA) is 80.5 Å². The summed E-state index contributed by atoms with van der Waals surface area (Å²) in [6.07, 6.45) is 1.07. The van der Waals surface area contributed by atoms with E-state index in [9.17, 15) is 13.2 Å². The maximum absolute atomic E-state index is 12.0. The van der Waals surface area contributed by atoms with Crippen LogP contribution < -0.4 is 5.73 Å². The van der Waals surface area contributed by atoms with Gasteiger partial charge in [0.15, 0.2) is 9.84 Å². The summed E-state index contributed by atoms with van der Waals surface area (Å²) in [4.78, 5) is 13.4. The molecule has 0 spiro atoms. The Hall–Kier alpha value is -0.620. The molecule has 16 heavy (non-hydrogen) atoms. The monoisotopic (exact) mass is 250 g/mol. The Morgan fingerprint density at radius 3 is 2.19 bits per heavy atom. The summed E-state index contributed by atoms with van der Waals surface area (Å²) in [5, 5.41) is 0. The highest BCUT2D eigenvalue weighted by molar-refractivity contribution is 7.92. The highest BCUT2D eigenvalue weighted by atomic mass is 32.2. The van der Waals surface area contributed by atoms with Gasteiger partial charge in [0.1, 0.15) is 4.75 Å². The number of sulfone groups is 1. The summed E-state index contributed by atoms with van der Waals surface area (Å²) < 4.78 is 21.6. The van der Waals surface area contributed by atoms with Crippen molar-refractivity contribution in [3.63, 3.8) is 0 Å². The van der Waals surface area contributed by atoms with Gasteiger partial charge in [0.25, 0.3) is 0 Å². The molecule has 5 nitrogen and oxygen atoms in total. The van der Waals surface area contributed by atoms with Crippen LogP contribution in [0.5, 0.6) is 0 Å². The molecule has 0 rings (SSSR count). The molecule has 0 aromatic carbocycles. The summed E-state index contributed by atoms with van der Waals surface area (Å²) in [5.74, 6) is -0.236. The van der Waals surface area contributed by atoms with Crippen LogP contribution in [0, 0.1) is 5.92 Å². The smallest absolute Gasteiger partial charge is 0.243 e. The second-order valence-corrected chi connectivity index (χ2v) is 7.37. The largest absolute Gasteiger partial charge is 0.344 e. The normalized spacial score (nSPS) is 14.6. The number of amides is 1. The van der Waals surface area contributed by atoms with Gasteiger partial charge in [0, 0.05) is 19.8 Å². The van der Waals surface area contributed by atoms with Gasteiger partial charge < -0.3 is 10.6 Å². The second-order valence-electron chi connectivity index (χ2n) is 4.81. The fourth-order valence-corrected chi connectivity index (χ4v) is 1.72. The van der Waals surface area contributed by atoms with Gasteiger partial charge in [-0.2, -0.15) is 0 Å². The number of carbonyl (C=O) groups excluding carboxylic acids is 1. The molecule has 0 saturated carbocycles. The van der Waals surface area contributed by atoms with Crippen molar-refractivity contribution in [1.29, 1.82) is 0 Å². The fourth-order valence-electron chi connectivity index (χ4n) is 1.24. The van der Waals surface area contributed by atoms with Crippen molar-refractivity contribution < 1.29 is 13.2 Å². The van der Waals surface area contributed by atoms with Gasteiger partial charge in [-0.25, -0.2) is 8.42 Å². The summed E-state index contributed by atoms with van der Waals surface area (Å²) in [6.45, 7) is 5.70. The Labute approximate surface area is 97.9 Å². The summed E-state index contributed by atoms with van der Waals surface area (Å²) in [7, 11) is -1.81.